The van der Waals surface area contributed by atoms with Crippen LogP contribution in [-0.4, -0.2) is 22.3 Å². The molecule has 82 valence electrons. The van der Waals surface area contributed by atoms with E-state index in [1.165, 1.54) is 0 Å². The van der Waals surface area contributed by atoms with Gasteiger partial charge >= 0.3 is 0 Å². The first-order valence-corrected chi connectivity index (χ1v) is 5.33. The molecule has 0 amide bonds. The zero-order valence-corrected chi connectivity index (χ0v) is 9.01. The van der Waals surface area contributed by atoms with E-state index < -0.39 is 0 Å². The van der Waals surface area contributed by atoms with E-state index in [0.29, 0.717) is 12.2 Å². The second-order valence-electron chi connectivity index (χ2n) is 4.06. The van der Waals surface area contributed by atoms with Gasteiger partial charge in [0.15, 0.2) is 0 Å². The minimum Gasteiger partial charge on any atom is -0.371 e. The van der Waals surface area contributed by atoms with Crippen molar-refractivity contribution in [3.63, 3.8) is 0 Å². The van der Waals surface area contributed by atoms with E-state index in [-0.39, 0.29) is 11.7 Å². The molecule has 3 rings (SSSR count). The average molecular weight is 216 g/mol. The minimum absolute atomic E-state index is 0.0193. The fourth-order valence-electron chi connectivity index (χ4n) is 1.88. The third-order valence-corrected chi connectivity index (χ3v) is 2.80. The summed E-state index contributed by atoms with van der Waals surface area (Å²) in [7, 11) is 0. The van der Waals surface area contributed by atoms with E-state index >= 15 is 0 Å². The monoisotopic (exact) mass is 216 g/mol. The third kappa shape index (κ3) is 1.51. The Labute approximate surface area is 92.5 Å². The predicted octanol–water partition coefficient (Wildman–Crippen LogP) is 1.10. The van der Waals surface area contributed by atoms with Crippen molar-refractivity contribution in [2.75, 3.05) is 6.61 Å². The number of hydrogen-bond donors (Lipinski definition) is 0. The lowest BCUT2D eigenvalue weighted by Gasteiger charge is -2.09. The highest BCUT2D eigenvalue weighted by Gasteiger charge is 2.24. The Hall–Kier alpha value is -1.68. The highest BCUT2D eigenvalue weighted by Crippen LogP contribution is 2.15. The molecule has 2 heterocycles. The van der Waals surface area contributed by atoms with Crippen LogP contribution >= 0.6 is 0 Å². The fourth-order valence-corrected chi connectivity index (χ4v) is 1.88. The van der Waals surface area contributed by atoms with Gasteiger partial charge in [0.1, 0.15) is 5.69 Å². The first kappa shape index (κ1) is 9.54. The van der Waals surface area contributed by atoms with Gasteiger partial charge in [-0.3, -0.25) is 4.79 Å². The third-order valence-electron chi connectivity index (χ3n) is 2.80. The van der Waals surface area contributed by atoms with Crippen LogP contribution in [0.1, 0.15) is 5.69 Å². The van der Waals surface area contributed by atoms with Crippen molar-refractivity contribution in [1.29, 1.82) is 0 Å². The quantitative estimate of drug-likeness (QED) is 0.706. The largest absolute Gasteiger partial charge is 0.371 e. The molecule has 0 aliphatic carbocycles. The number of para-hydroxylation sites is 2. The molecular formula is C12H12N2O2. The Bertz CT molecular complexity index is 599. The summed E-state index contributed by atoms with van der Waals surface area (Å²) in [5, 5.41) is 0. The Morgan fingerprint density at radius 1 is 1.50 bits per heavy atom. The number of rotatable bonds is 2. The maximum atomic E-state index is 12.0. The molecule has 0 radical (unpaired) electrons. The zero-order chi connectivity index (χ0) is 11.1. The Morgan fingerprint density at radius 2 is 2.25 bits per heavy atom. The molecule has 1 aliphatic heterocycles. The molecule has 1 aromatic heterocycles. The molecule has 1 aliphatic rings. The minimum atomic E-state index is -0.0193. The van der Waals surface area contributed by atoms with Crippen molar-refractivity contribution < 1.29 is 4.74 Å². The van der Waals surface area contributed by atoms with Gasteiger partial charge in [0.05, 0.1) is 30.3 Å². The highest BCUT2D eigenvalue weighted by molar-refractivity contribution is 5.74. The maximum absolute atomic E-state index is 12.0. The summed E-state index contributed by atoms with van der Waals surface area (Å²) < 4.78 is 6.94. The number of fused-ring (bicyclic) bond motifs is 1. The zero-order valence-electron chi connectivity index (χ0n) is 9.01. The van der Waals surface area contributed by atoms with Gasteiger partial charge in [-0.15, -0.1) is 0 Å². The summed E-state index contributed by atoms with van der Waals surface area (Å²) in [6, 6.07) is 7.69. The van der Waals surface area contributed by atoms with E-state index in [1.807, 2.05) is 24.3 Å². The molecular weight excluding hydrogens is 204 g/mol. The summed E-state index contributed by atoms with van der Waals surface area (Å²) in [6.07, 6.45) is 0.197. The maximum Gasteiger partial charge on any atom is 0.272 e. The van der Waals surface area contributed by atoms with Crippen LogP contribution in [0.25, 0.3) is 11.0 Å². The van der Waals surface area contributed by atoms with Crippen LogP contribution in [-0.2, 0) is 11.3 Å². The van der Waals surface area contributed by atoms with Gasteiger partial charge in [-0.25, -0.2) is 4.98 Å². The van der Waals surface area contributed by atoms with Crippen molar-refractivity contribution in [3.05, 3.63) is 40.3 Å². The lowest BCUT2D eigenvalue weighted by atomic mass is 10.2. The molecule has 0 spiro atoms. The van der Waals surface area contributed by atoms with Gasteiger partial charge < -0.3 is 9.30 Å². The van der Waals surface area contributed by atoms with Crippen LogP contribution in [0.2, 0.25) is 0 Å². The summed E-state index contributed by atoms with van der Waals surface area (Å²) in [4.78, 5) is 16.3. The Balaban J connectivity index is 2.27. The van der Waals surface area contributed by atoms with Gasteiger partial charge in [0.25, 0.3) is 5.56 Å². The molecule has 0 bridgehead atoms. The van der Waals surface area contributed by atoms with Crippen molar-refractivity contribution in [3.8, 4) is 0 Å². The first-order chi connectivity index (χ1) is 7.75. The van der Waals surface area contributed by atoms with E-state index in [2.05, 4.69) is 4.98 Å². The normalized spacial score (nSPS) is 18.9. The Kier molecular flexibility index (Phi) is 2.04. The molecule has 1 atom stereocenters. The van der Waals surface area contributed by atoms with Gasteiger partial charge in [0, 0.05) is 0 Å². The molecule has 0 saturated carbocycles. The van der Waals surface area contributed by atoms with Crippen LogP contribution in [0, 0.1) is 6.92 Å². The van der Waals surface area contributed by atoms with Crippen molar-refractivity contribution in [1.82, 2.24) is 9.55 Å². The van der Waals surface area contributed by atoms with Gasteiger partial charge in [-0.2, -0.15) is 0 Å². The fraction of sp³-hybridized carbons (Fsp3) is 0.333. The lowest BCUT2D eigenvalue weighted by molar-refractivity contribution is 0.382. The van der Waals surface area contributed by atoms with Crippen molar-refractivity contribution in [2.24, 2.45) is 0 Å². The van der Waals surface area contributed by atoms with Crippen LogP contribution in [0.15, 0.2) is 29.1 Å². The number of epoxide rings is 1. The highest BCUT2D eigenvalue weighted by atomic mass is 16.6. The van der Waals surface area contributed by atoms with Gasteiger partial charge in [-0.1, -0.05) is 12.1 Å². The first-order valence-electron chi connectivity index (χ1n) is 5.33. The van der Waals surface area contributed by atoms with E-state index in [9.17, 15) is 4.79 Å². The smallest absolute Gasteiger partial charge is 0.272 e. The number of hydrogen-bond acceptors (Lipinski definition) is 3. The number of nitrogens with zero attached hydrogens (tertiary/aromatic N) is 2. The molecule has 4 nitrogen and oxygen atoms in total. The summed E-state index contributed by atoms with van der Waals surface area (Å²) in [5.74, 6) is 0. The van der Waals surface area contributed by atoms with Gasteiger partial charge in [-0.05, 0) is 19.1 Å². The second-order valence-corrected chi connectivity index (χ2v) is 4.06. The van der Waals surface area contributed by atoms with E-state index in [1.54, 1.807) is 11.5 Å². The number of aromatic nitrogens is 2. The SMILES string of the molecule is Cc1nc2ccccc2n(CC2CO2)c1=O. The standard InChI is InChI=1S/C12H12N2O2/c1-8-12(15)14(6-9-7-16-9)11-5-3-2-4-10(11)13-8/h2-5,9H,6-7H2,1H3. The Morgan fingerprint density at radius 3 is 3.00 bits per heavy atom. The number of aryl methyl sites for hydroxylation is 1. The van der Waals surface area contributed by atoms with Gasteiger partial charge in [0.2, 0.25) is 0 Å². The second kappa shape index (κ2) is 3.42. The van der Waals surface area contributed by atoms with Crippen LogP contribution in [0.4, 0.5) is 0 Å². The predicted molar refractivity (Wildman–Crippen MR) is 60.5 cm³/mol. The molecule has 1 saturated heterocycles. The molecule has 1 unspecified atom stereocenters. The van der Waals surface area contributed by atoms with Crippen molar-refractivity contribution >= 4 is 11.0 Å². The molecule has 0 N–H and O–H groups in total. The van der Waals surface area contributed by atoms with E-state index in [4.69, 9.17) is 4.74 Å². The van der Waals surface area contributed by atoms with Crippen LogP contribution in [0.3, 0.4) is 0 Å². The van der Waals surface area contributed by atoms with Crippen LogP contribution < -0.4 is 5.56 Å². The van der Waals surface area contributed by atoms with Crippen LogP contribution in [0.5, 0.6) is 0 Å². The number of benzene rings is 1. The van der Waals surface area contributed by atoms with Crippen molar-refractivity contribution in [2.45, 2.75) is 19.6 Å². The summed E-state index contributed by atoms with van der Waals surface area (Å²) in [5.41, 5.74) is 2.27. The molecule has 4 heteroatoms. The summed E-state index contributed by atoms with van der Waals surface area (Å²) >= 11 is 0. The molecule has 1 fully saturated rings. The summed E-state index contributed by atoms with van der Waals surface area (Å²) in [6.45, 7) is 3.13. The number of ether oxygens (including phenoxy) is 1. The molecule has 1 aromatic carbocycles. The molecule has 16 heavy (non-hydrogen) atoms. The average Bonchev–Trinajstić information content (AvgIpc) is 3.08. The topological polar surface area (TPSA) is 47.4 Å². The molecule has 2 aromatic rings. The van der Waals surface area contributed by atoms with E-state index in [0.717, 1.165) is 17.6 Å². The lowest BCUT2D eigenvalue weighted by Crippen LogP contribution is -2.26.